The topological polar surface area (TPSA) is 92.7 Å². The Kier molecular flexibility index (Phi) is 7.60. The van der Waals surface area contributed by atoms with Gasteiger partial charge in [-0.3, -0.25) is 14.4 Å². The van der Waals surface area contributed by atoms with Crippen molar-refractivity contribution in [3.63, 3.8) is 0 Å². The quantitative estimate of drug-likeness (QED) is 0.493. The number of benzene rings is 1. The minimum atomic E-state index is -1.55. The number of hydrogen-bond acceptors (Lipinski definition) is 5. The van der Waals surface area contributed by atoms with Gasteiger partial charge < -0.3 is 15.2 Å². The van der Waals surface area contributed by atoms with Gasteiger partial charge in [-0.1, -0.05) is 55.0 Å². The second-order valence-electron chi connectivity index (χ2n) is 10.6. The van der Waals surface area contributed by atoms with E-state index < -0.39 is 29.5 Å². The maximum Gasteiger partial charge on any atom is 0.307 e. The third-order valence-electron chi connectivity index (χ3n) is 8.13. The molecule has 6 heteroatoms. The Morgan fingerprint density at radius 1 is 1.06 bits per heavy atom. The molecule has 0 bridgehead atoms. The number of rotatable bonds is 2. The summed E-state index contributed by atoms with van der Waals surface area (Å²) in [4.78, 5) is 39.2. The number of aliphatic hydroxyl groups excluding tert-OH is 1. The predicted octanol–water partition coefficient (Wildman–Crippen LogP) is 4.07. The van der Waals surface area contributed by atoms with Gasteiger partial charge in [-0.05, 0) is 56.6 Å². The third-order valence-corrected chi connectivity index (χ3v) is 8.13. The minimum absolute atomic E-state index is 0.0424. The van der Waals surface area contributed by atoms with E-state index in [4.69, 9.17) is 4.74 Å². The van der Waals surface area contributed by atoms with Crippen LogP contribution in [0.2, 0.25) is 0 Å². The van der Waals surface area contributed by atoms with E-state index in [0.717, 1.165) is 36.0 Å². The molecule has 1 spiro atoms. The lowest BCUT2D eigenvalue weighted by atomic mass is 9.63. The smallest absolute Gasteiger partial charge is 0.307 e. The molecule has 1 amide bonds. The van der Waals surface area contributed by atoms with Gasteiger partial charge in [-0.15, -0.1) is 0 Å². The van der Waals surface area contributed by atoms with Gasteiger partial charge in [0.25, 0.3) is 5.91 Å². The van der Waals surface area contributed by atoms with Gasteiger partial charge in [-0.2, -0.15) is 0 Å². The van der Waals surface area contributed by atoms with Gasteiger partial charge in [0.05, 0.1) is 24.4 Å². The average molecular weight is 480 g/mol. The van der Waals surface area contributed by atoms with Crippen molar-refractivity contribution in [1.29, 1.82) is 0 Å². The van der Waals surface area contributed by atoms with Crippen molar-refractivity contribution in [2.75, 3.05) is 0 Å². The molecule has 3 aliphatic rings. The molecule has 0 aromatic heterocycles. The van der Waals surface area contributed by atoms with Crippen LogP contribution in [0.15, 0.2) is 53.6 Å². The molecule has 6 atom stereocenters. The minimum Gasteiger partial charge on any atom is -0.447 e. The first kappa shape index (κ1) is 25.4. The molecule has 2 heterocycles. The van der Waals surface area contributed by atoms with Crippen LogP contribution in [-0.2, 0) is 25.5 Å². The van der Waals surface area contributed by atoms with Crippen LogP contribution in [0.3, 0.4) is 0 Å². The van der Waals surface area contributed by atoms with E-state index in [2.05, 4.69) is 12.2 Å². The van der Waals surface area contributed by atoms with E-state index in [1.54, 1.807) is 0 Å². The fraction of sp³-hybridized carbons (Fsp3) is 0.552. The van der Waals surface area contributed by atoms with Crippen LogP contribution in [-0.4, -0.2) is 40.5 Å². The van der Waals surface area contributed by atoms with Crippen LogP contribution in [0.1, 0.15) is 64.9 Å². The molecule has 1 aromatic rings. The number of amides is 1. The molecule has 2 N–H and O–H groups in total. The highest BCUT2D eigenvalue weighted by Gasteiger charge is 2.66. The highest BCUT2D eigenvalue weighted by Crippen LogP contribution is 2.50. The molecule has 0 radical (unpaired) electrons. The summed E-state index contributed by atoms with van der Waals surface area (Å²) in [6, 6.07) is 9.63. The Bertz CT molecular complexity index is 1030. The molecular formula is C29H37NO5. The highest BCUT2D eigenvalue weighted by molar-refractivity contribution is 5.93. The third kappa shape index (κ3) is 4.99. The van der Waals surface area contributed by atoms with Gasteiger partial charge >= 0.3 is 5.97 Å². The van der Waals surface area contributed by atoms with Crippen LogP contribution < -0.4 is 5.32 Å². The van der Waals surface area contributed by atoms with Crippen LogP contribution in [0.4, 0.5) is 0 Å². The largest absolute Gasteiger partial charge is 0.447 e. The monoisotopic (exact) mass is 479 g/mol. The fourth-order valence-corrected chi connectivity index (χ4v) is 6.06. The molecular weight excluding hydrogens is 442 g/mol. The number of carbonyl (C=O) groups excluding carboxylic acids is 3. The number of nitrogens with one attached hydrogen (secondary N) is 1. The van der Waals surface area contributed by atoms with E-state index in [1.165, 1.54) is 0 Å². The molecule has 1 fully saturated rings. The maximum atomic E-state index is 13.8. The number of aliphatic hydroxyl groups is 1. The van der Waals surface area contributed by atoms with Gasteiger partial charge in [0.2, 0.25) is 5.60 Å². The number of esters is 1. The van der Waals surface area contributed by atoms with E-state index in [1.807, 2.05) is 56.3 Å². The predicted molar refractivity (Wildman–Crippen MR) is 133 cm³/mol. The van der Waals surface area contributed by atoms with Gasteiger partial charge in [-0.25, -0.2) is 0 Å². The van der Waals surface area contributed by atoms with Gasteiger partial charge in [0.15, 0.2) is 0 Å². The Morgan fingerprint density at radius 3 is 2.54 bits per heavy atom. The zero-order valence-corrected chi connectivity index (χ0v) is 21.0. The molecule has 4 rings (SSSR count). The number of allylic oxidation sites excluding steroid dienone is 1. The summed E-state index contributed by atoms with van der Waals surface area (Å²) in [6.45, 7) is 5.96. The molecule has 188 valence electrons. The number of carbonyl (C=O) groups is 3. The first-order valence-electron chi connectivity index (χ1n) is 12.8. The zero-order valence-electron chi connectivity index (χ0n) is 21.0. The first-order chi connectivity index (χ1) is 16.7. The summed E-state index contributed by atoms with van der Waals surface area (Å²) < 4.78 is 6.11. The number of hydrogen-bond donors (Lipinski definition) is 2. The van der Waals surface area contributed by atoms with Gasteiger partial charge in [0, 0.05) is 18.9 Å². The van der Waals surface area contributed by atoms with Crippen LogP contribution >= 0.6 is 0 Å². The molecule has 0 saturated carbocycles. The van der Waals surface area contributed by atoms with Crippen LogP contribution in [0.25, 0.3) is 0 Å². The number of Topliss-reactive ketones (excluding diaryl/α,β-unsaturated/α-hetero) is 1. The first-order valence-corrected chi connectivity index (χ1v) is 12.8. The number of ether oxygens (including phenoxy) is 1. The Hall–Kier alpha value is -2.73. The lowest BCUT2D eigenvalue weighted by Crippen LogP contribution is -2.59. The van der Waals surface area contributed by atoms with Crippen LogP contribution in [0, 0.1) is 17.8 Å². The second kappa shape index (κ2) is 10.5. The summed E-state index contributed by atoms with van der Waals surface area (Å²) in [5, 5.41) is 14.5. The number of ketones is 1. The molecule has 2 aliphatic heterocycles. The lowest BCUT2D eigenvalue weighted by Gasteiger charge is -2.46. The van der Waals surface area contributed by atoms with Crippen LogP contribution in [0.5, 0.6) is 0 Å². The van der Waals surface area contributed by atoms with Crippen molar-refractivity contribution in [2.45, 2.75) is 83.5 Å². The van der Waals surface area contributed by atoms with Crippen molar-refractivity contribution < 1.29 is 24.2 Å². The van der Waals surface area contributed by atoms with Crippen molar-refractivity contribution in [3.8, 4) is 0 Å². The fourth-order valence-electron chi connectivity index (χ4n) is 6.06. The Balaban J connectivity index is 1.78. The summed E-state index contributed by atoms with van der Waals surface area (Å²) in [5.41, 5.74) is 1.21. The van der Waals surface area contributed by atoms with Crippen molar-refractivity contribution in [3.05, 3.63) is 59.2 Å². The van der Waals surface area contributed by atoms with Crippen molar-refractivity contribution >= 4 is 17.7 Å². The summed E-state index contributed by atoms with van der Waals surface area (Å²) in [5.74, 6) is -1.64. The maximum absolute atomic E-state index is 13.8. The van der Waals surface area contributed by atoms with E-state index in [0.29, 0.717) is 18.8 Å². The van der Waals surface area contributed by atoms with Gasteiger partial charge in [0.1, 0.15) is 5.78 Å². The van der Waals surface area contributed by atoms with E-state index in [9.17, 15) is 19.5 Å². The summed E-state index contributed by atoms with van der Waals surface area (Å²) in [7, 11) is 0. The molecule has 0 unspecified atom stereocenters. The summed E-state index contributed by atoms with van der Waals surface area (Å²) in [6.07, 6.45) is 6.52. The van der Waals surface area contributed by atoms with E-state index in [-0.39, 0.29) is 30.6 Å². The lowest BCUT2D eigenvalue weighted by molar-refractivity contribution is -0.180. The molecule has 6 nitrogen and oxygen atoms in total. The normalized spacial score (nSPS) is 35.4. The zero-order chi connectivity index (χ0) is 25.2. The SMILES string of the molecule is CC1=C(C)[C@H]2[C@H](Cc3ccccc3)NC(=O)[C@]23OC(=O)CCC(=O)CCC[C@@H](C)C/C=C\[C@H]3[C@@H]1O. The standard InChI is InChI=1S/C29H37NO5/c1-18-9-7-13-22(31)15-16-25(32)35-29-23(14-8-10-18)27(33)20(3)19(2)26(29)24(30-28(29)34)17-21-11-5-4-6-12-21/h4-6,8,11-12,14,18,23-24,26-27,33H,7,9-10,13,15-17H2,1-3H3,(H,30,34)/b14-8-/t18-,23+,24+,26+,27-,29-/m1/s1. The Morgan fingerprint density at radius 2 is 1.80 bits per heavy atom. The van der Waals surface area contributed by atoms with Crippen molar-refractivity contribution in [1.82, 2.24) is 5.32 Å². The molecule has 1 aliphatic carbocycles. The molecule has 1 saturated heterocycles. The molecule has 35 heavy (non-hydrogen) atoms. The highest BCUT2D eigenvalue weighted by atomic mass is 16.6. The van der Waals surface area contributed by atoms with Crippen molar-refractivity contribution in [2.24, 2.45) is 17.8 Å². The Labute approximate surface area is 207 Å². The summed E-state index contributed by atoms with van der Waals surface area (Å²) >= 11 is 0. The average Bonchev–Trinajstić information content (AvgIpc) is 3.09. The second-order valence-corrected chi connectivity index (χ2v) is 10.6. The molecule has 1 aromatic carbocycles. The van der Waals surface area contributed by atoms with E-state index >= 15 is 0 Å².